The second-order valence-corrected chi connectivity index (χ2v) is 6.57. The average molecular weight is 389 g/mol. The molecule has 27 heavy (non-hydrogen) atoms. The van der Waals surface area contributed by atoms with E-state index in [2.05, 4.69) is 10.6 Å². The van der Waals surface area contributed by atoms with E-state index in [9.17, 15) is 24.0 Å². The van der Waals surface area contributed by atoms with E-state index in [-0.39, 0.29) is 24.7 Å². The molecule has 1 aliphatic rings. The lowest BCUT2D eigenvalue weighted by molar-refractivity contribution is -0.142. The highest BCUT2D eigenvalue weighted by Gasteiger charge is 2.26. The summed E-state index contributed by atoms with van der Waals surface area (Å²) in [5, 5.41) is 30.4. The Morgan fingerprint density at radius 2 is 1.78 bits per heavy atom. The Morgan fingerprint density at radius 3 is 2.11 bits per heavy atom. The Balaban J connectivity index is 0.000000621. The van der Waals surface area contributed by atoms with E-state index in [1.165, 1.54) is 0 Å². The number of carbonyl (C=O) groups excluding carboxylic acids is 2. The van der Waals surface area contributed by atoms with Crippen LogP contribution in [0.4, 0.5) is 0 Å². The fourth-order valence-electron chi connectivity index (χ4n) is 2.17. The minimum Gasteiger partial charge on any atom is -0.480 e. The molecule has 2 amide bonds. The van der Waals surface area contributed by atoms with Gasteiger partial charge in [0.1, 0.15) is 18.1 Å². The van der Waals surface area contributed by atoms with Gasteiger partial charge in [0, 0.05) is 12.8 Å². The van der Waals surface area contributed by atoms with Gasteiger partial charge in [0.2, 0.25) is 11.8 Å². The van der Waals surface area contributed by atoms with Crippen LogP contribution in [0.3, 0.4) is 0 Å². The van der Waals surface area contributed by atoms with Gasteiger partial charge in [-0.3, -0.25) is 14.4 Å². The van der Waals surface area contributed by atoms with Crippen LogP contribution in [0.2, 0.25) is 0 Å². The summed E-state index contributed by atoms with van der Waals surface area (Å²) in [6.45, 7) is 3.70. The molecule has 0 saturated carbocycles. The fourth-order valence-corrected chi connectivity index (χ4v) is 2.17. The molecule has 0 aliphatic carbocycles. The van der Waals surface area contributed by atoms with Crippen molar-refractivity contribution in [2.24, 2.45) is 11.7 Å². The molecule has 3 unspecified atom stereocenters. The van der Waals surface area contributed by atoms with Gasteiger partial charge in [-0.05, 0) is 25.2 Å². The van der Waals surface area contributed by atoms with Gasteiger partial charge in [0.05, 0.1) is 0 Å². The molecule has 1 fully saturated rings. The number of carbonyl (C=O) groups is 5. The Bertz CT molecular complexity index is 564. The lowest BCUT2D eigenvalue weighted by Gasteiger charge is -2.16. The summed E-state index contributed by atoms with van der Waals surface area (Å²) in [6, 6.07) is -2.69. The van der Waals surface area contributed by atoms with Crippen molar-refractivity contribution >= 4 is 29.7 Å². The maximum atomic E-state index is 11.4. The highest BCUT2D eigenvalue weighted by Crippen LogP contribution is 2.06. The van der Waals surface area contributed by atoms with E-state index in [0.29, 0.717) is 19.3 Å². The van der Waals surface area contributed by atoms with E-state index in [1.54, 1.807) is 0 Å². The average Bonchev–Trinajstić information content (AvgIpc) is 2.98. The van der Waals surface area contributed by atoms with Gasteiger partial charge in [-0.25, -0.2) is 9.59 Å². The van der Waals surface area contributed by atoms with Crippen molar-refractivity contribution in [2.45, 2.75) is 64.1 Å². The molecule has 0 radical (unpaired) electrons. The summed E-state index contributed by atoms with van der Waals surface area (Å²) in [4.78, 5) is 53.3. The summed E-state index contributed by atoms with van der Waals surface area (Å²) >= 11 is 0. The van der Waals surface area contributed by atoms with Crippen molar-refractivity contribution in [3.63, 3.8) is 0 Å². The summed E-state index contributed by atoms with van der Waals surface area (Å²) in [7, 11) is 0. The number of carboxylic acids is 3. The predicted octanol–water partition coefficient (Wildman–Crippen LogP) is -0.856. The Hall–Kier alpha value is -2.69. The second kappa shape index (κ2) is 11.8. The molecule has 0 aromatic carbocycles. The quantitative estimate of drug-likeness (QED) is 0.291. The molecule has 11 heteroatoms. The molecule has 0 aromatic heterocycles. The predicted molar refractivity (Wildman–Crippen MR) is 92.7 cm³/mol. The number of nitrogens with one attached hydrogen (secondary N) is 2. The van der Waals surface area contributed by atoms with Gasteiger partial charge >= 0.3 is 17.9 Å². The smallest absolute Gasteiger partial charge is 0.326 e. The van der Waals surface area contributed by atoms with Crippen LogP contribution in [0.25, 0.3) is 0 Å². The summed E-state index contributed by atoms with van der Waals surface area (Å²) in [5.41, 5.74) is 5.24. The third-order valence-electron chi connectivity index (χ3n) is 3.63. The lowest BCUT2D eigenvalue weighted by atomic mass is 10.0. The Labute approximate surface area is 156 Å². The molecule has 11 nitrogen and oxygen atoms in total. The van der Waals surface area contributed by atoms with Crippen LogP contribution in [0.1, 0.15) is 46.0 Å². The SMILES string of the molecule is CC(C)CC(NC(=O)CCC(N)C(=O)O)C(=O)O.O=C1CCC(C(=O)O)N1. The number of hydrogen-bond donors (Lipinski definition) is 6. The minimum atomic E-state index is -1.18. The fraction of sp³-hybridized carbons (Fsp3) is 0.688. The standard InChI is InChI=1S/C11H20N2O5.C5H7NO3/c1-6(2)5-8(11(17)18)13-9(14)4-3-7(12)10(15)16;7-4-2-1-3(6-4)5(8)9/h6-8H,3-5,12H2,1-2H3,(H,13,14)(H,15,16)(H,17,18);3H,1-2H2,(H,6,7)(H,8,9). The summed E-state index contributed by atoms with van der Waals surface area (Å²) in [5.74, 6) is -3.75. The molecule has 1 heterocycles. The highest BCUT2D eigenvalue weighted by molar-refractivity contribution is 5.87. The van der Waals surface area contributed by atoms with E-state index in [0.717, 1.165) is 0 Å². The first-order chi connectivity index (χ1) is 12.4. The highest BCUT2D eigenvalue weighted by atomic mass is 16.4. The largest absolute Gasteiger partial charge is 0.480 e. The van der Waals surface area contributed by atoms with Crippen molar-refractivity contribution in [1.29, 1.82) is 0 Å². The zero-order valence-electron chi connectivity index (χ0n) is 15.3. The first-order valence-electron chi connectivity index (χ1n) is 8.46. The van der Waals surface area contributed by atoms with Crippen LogP contribution in [0.15, 0.2) is 0 Å². The van der Waals surface area contributed by atoms with Crippen molar-refractivity contribution in [2.75, 3.05) is 0 Å². The van der Waals surface area contributed by atoms with Crippen molar-refractivity contribution < 1.29 is 39.3 Å². The minimum absolute atomic E-state index is 0.0187. The van der Waals surface area contributed by atoms with Gasteiger partial charge < -0.3 is 31.7 Å². The lowest BCUT2D eigenvalue weighted by Crippen LogP contribution is -2.42. The Morgan fingerprint density at radius 1 is 1.19 bits per heavy atom. The number of hydrogen-bond acceptors (Lipinski definition) is 6. The van der Waals surface area contributed by atoms with E-state index in [1.807, 2.05) is 13.8 Å². The van der Waals surface area contributed by atoms with Gasteiger partial charge in [-0.1, -0.05) is 13.8 Å². The first-order valence-corrected chi connectivity index (χ1v) is 8.46. The van der Waals surface area contributed by atoms with Gasteiger partial charge in [0.15, 0.2) is 0 Å². The van der Waals surface area contributed by atoms with E-state index < -0.39 is 41.9 Å². The molecule has 1 aliphatic heterocycles. The zero-order chi connectivity index (χ0) is 21.1. The molecular weight excluding hydrogens is 362 g/mol. The van der Waals surface area contributed by atoms with Crippen LogP contribution in [0, 0.1) is 5.92 Å². The summed E-state index contributed by atoms with van der Waals surface area (Å²) < 4.78 is 0. The number of rotatable bonds is 9. The number of amides is 2. The summed E-state index contributed by atoms with van der Waals surface area (Å²) in [6.07, 6.45) is 0.974. The van der Waals surface area contributed by atoms with Crippen molar-refractivity contribution in [3.8, 4) is 0 Å². The Kier molecular flexibility index (Phi) is 10.7. The number of carboxylic acid groups (broad SMARTS) is 3. The topological polar surface area (TPSA) is 196 Å². The van der Waals surface area contributed by atoms with Crippen LogP contribution in [0.5, 0.6) is 0 Å². The molecular formula is C16H27N3O8. The second-order valence-electron chi connectivity index (χ2n) is 6.57. The van der Waals surface area contributed by atoms with Gasteiger partial charge in [-0.15, -0.1) is 0 Å². The molecule has 7 N–H and O–H groups in total. The molecule has 0 bridgehead atoms. The van der Waals surface area contributed by atoms with Crippen LogP contribution in [-0.4, -0.2) is 63.2 Å². The van der Waals surface area contributed by atoms with Crippen LogP contribution >= 0.6 is 0 Å². The van der Waals surface area contributed by atoms with E-state index in [4.69, 9.17) is 21.1 Å². The van der Waals surface area contributed by atoms with Gasteiger partial charge in [-0.2, -0.15) is 0 Å². The maximum absolute atomic E-state index is 11.4. The van der Waals surface area contributed by atoms with Crippen LogP contribution < -0.4 is 16.4 Å². The molecule has 0 aromatic rings. The first kappa shape index (κ1) is 24.3. The normalized spacial score (nSPS) is 17.9. The molecule has 0 spiro atoms. The van der Waals surface area contributed by atoms with Gasteiger partial charge in [0.25, 0.3) is 0 Å². The maximum Gasteiger partial charge on any atom is 0.326 e. The molecule has 154 valence electrons. The number of aliphatic carboxylic acids is 3. The van der Waals surface area contributed by atoms with Crippen LogP contribution in [-0.2, 0) is 24.0 Å². The third kappa shape index (κ3) is 10.8. The zero-order valence-corrected chi connectivity index (χ0v) is 15.3. The molecule has 1 rings (SSSR count). The van der Waals surface area contributed by atoms with Crippen molar-refractivity contribution in [1.82, 2.24) is 10.6 Å². The number of nitrogens with two attached hydrogens (primary N) is 1. The monoisotopic (exact) mass is 389 g/mol. The molecule has 3 atom stereocenters. The van der Waals surface area contributed by atoms with Crippen molar-refractivity contribution in [3.05, 3.63) is 0 Å². The molecule has 1 saturated heterocycles. The van der Waals surface area contributed by atoms with E-state index >= 15 is 0 Å². The third-order valence-corrected chi connectivity index (χ3v) is 3.63.